The maximum atomic E-state index is 4.56. The number of aromatic nitrogens is 3. The van der Waals surface area contributed by atoms with Crippen LogP contribution in [0.15, 0.2) is 17.8 Å². The standard InChI is InChI=1S/C14H22N4S/c1-4-5-15-12(8-13-10-19-11(2)17-13)9-14-16-6-7-18(14)3/h6-7,10,12,15H,4-5,8-9H2,1-3H3. The van der Waals surface area contributed by atoms with E-state index < -0.39 is 0 Å². The number of imidazole rings is 1. The van der Waals surface area contributed by atoms with E-state index in [1.165, 1.54) is 5.69 Å². The Balaban J connectivity index is 2.01. The fraction of sp³-hybridized carbons (Fsp3) is 0.571. The minimum atomic E-state index is 0.405. The molecule has 0 bridgehead atoms. The number of hydrogen-bond acceptors (Lipinski definition) is 4. The quantitative estimate of drug-likeness (QED) is 0.845. The number of thiazole rings is 1. The maximum Gasteiger partial charge on any atom is 0.109 e. The summed E-state index contributed by atoms with van der Waals surface area (Å²) in [5.74, 6) is 1.13. The molecule has 2 heterocycles. The minimum Gasteiger partial charge on any atom is -0.338 e. The highest BCUT2D eigenvalue weighted by Crippen LogP contribution is 2.12. The Bertz CT molecular complexity index is 503. The molecule has 1 unspecified atom stereocenters. The lowest BCUT2D eigenvalue weighted by Gasteiger charge is -2.17. The second-order valence-electron chi connectivity index (χ2n) is 4.87. The highest BCUT2D eigenvalue weighted by Gasteiger charge is 2.14. The van der Waals surface area contributed by atoms with Crippen LogP contribution in [0.3, 0.4) is 0 Å². The SMILES string of the molecule is CCCNC(Cc1csc(C)n1)Cc1nccn1C. The zero-order valence-electron chi connectivity index (χ0n) is 11.9. The first kappa shape index (κ1) is 14.2. The molecule has 1 atom stereocenters. The molecule has 2 aromatic heterocycles. The number of hydrogen-bond donors (Lipinski definition) is 1. The van der Waals surface area contributed by atoms with Gasteiger partial charge >= 0.3 is 0 Å². The van der Waals surface area contributed by atoms with Crippen molar-refractivity contribution in [2.45, 2.75) is 39.2 Å². The van der Waals surface area contributed by atoms with Crippen molar-refractivity contribution in [1.82, 2.24) is 19.9 Å². The molecule has 0 aliphatic rings. The van der Waals surface area contributed by atoms with Crippen LogP contribution in [-0.4, -0.2) is 27.1 Å². The molecule has 0 aliphatic heterocycles. The van der Waals surface area contributed by atoms with Crippen molar-refractivity contribution in [1.29, 1.82) is 0 Å². The average molecular weight is 278 g/mol. The van der Waals surface area contributed by atoms with Crippen LogP contribution in [0.2, 0.25) is 0 Å². The van der Waals surface area contributed by atoms with Gasteiger partial charge in [-0.25, -0.2) is 9.97 Å². The van der Waals surface area contributed by atoms with Crippen LogP contribution in [0.1, 0.15) is 29.9 Å². The molecule has 4 nitrogen and oxygen atoms in total. The van der Waals surface area contributed by atoms with Gasteiger partial charge in [0.1, 0.15) is 5.82 Å². The lowest BCUT2D eigenvalue weighted by atomic mass is 10.1. The summed E-state index contributed by atoms with van der Waals surface area (Å²) in [5, 5.41) is 6.91. The van der Waals surface area contributed by atoms with Crippen LogP contribution in [0, 0.1) is 6.92 Å². The first-order chi connectivity index (χ1) is 9.19. The molecule has 2 rings (SSSR count). The summed E-state index contributed by atoms with van der Waals surface area (Å²) in [6.07, 6.45) is 6.92. The number of nitrogens with zero attached hydrogens (tertiary/aromatic N) is 3. The zero-order valence-corrected chi connectivity index (χ0v) is 12.7. The second kappa shape index (κ2) is 6.82. The minimum absolute atomic E-state index is 0.405. The van der Waals surface area contributed by atoms with Gasteiger partial charge in [-0.3, -0.25) is 0 Å². The lowest BCUT2D eigenvalue weighted by molar-refractivity contribution is 0.486. The fourth-order valence-corrected chi connectivity index (χ4v) is 2.76. The molecule has 5 heteroatoms. The van der Waals surface area contributed by atoms with Gasteiger partial charge in [0.2, 0.25) is 0 Å². The predicted octanol–water partition coefficient (Wildman–Crippen LogP) is 2.34. The van der Waals surface area contributed by atoms with Gasteiger partial charge in [-0.15, -0.1) is 11.3 Å². The molecule has 0 aliphatic carbocycles. The van der Waals surface area contributed by atoms with Crippen molar-refractivity contribution in [3.05, 3.63) is 34.3 Å². The smallest absolute Gasteiger partial charge is 0.109 e. The van der Waals surface area contributed by atoms with Crippen LogP contribution in [0.5, 0.6) is 0 Å². The predicted molar refractivity (Wildman–Crippen MR) is 79.5 cm³/mol. The first-order valence-corrected chi connectivity index (χ1v) is 7.67. The largest absolute Gasteiger partial charge is 0.338 e. The number of rotatable bonds is 7. The third-order valence-corrected chi connectivity index (χ3v) is 3.98. The van der Waals surface area contributed by atoms with E-state index in [0.29, 0.717) is 6.04 Å². The molecule has 0 saturated carbocycles. The zero-order chi connectivity index (χ0) is 13.7. The molecule has 19 heavy (non-hydrogen) atoms. The van der Waals surface area contributed by atoms with Gasteiger partial charge in [0, 0.05) is 43.7 Å². The van der Waals surface area contributed by atoms with E-state index in [0.717, 1.165) is 36.6 Å². The molecule has 0 radical (unpaired) electrons. The van der Waals surface area contributed by atoms with Gasteiger partial charge in [-0.1, -0.05) is 6.92 Å². The molecule has 104 valence electrons. The van der Waals surface area contributed by atoms with Crippen molar-refractivity contribution in [3.8, 4) is 0 Å². The summed E-state index contributed by atoms with van der Waals surface area (Å²) in [5.41, 5.74) is 1.19. The van der Waals surface area contributed by atoms with Crippen LogP contribution in [-0.2, 0) is 19.9 Å². The molecular formula is C14H22N4S. The van der Waals surface area contributed by atoms with Gasteiger partial charge in [0.15, 0.2) is 0 Å². The van der Waals surface area contributed by atoms with E-state index in [2.05, 4.69) is 39.1 Å². The summed E-state index contributed by atoms with van der Waals surface area (Å²) in [4.78, 5) is 8.98. The summed E-state index contributed by atoms with van der Waals surface area (Å²) in [7, 11) is 2.05. The Kier molecular flexibility index (Phi) is 5.10. The van der Waals surface area contributed by atoms with Crippen molar-refractivity contribution in [2.75, 3.05) is 6.54 Å². The maximum absolute atomic E-state index is 4.56. The highest BCUT2D eigenvalue weighted by atomic mass is 32.1. The van der Waals surface area contributed by atoms with Gasteiger partial charge in [0.05, 0.1) is 10.7 Å². The van der Waals surface area contributed by atoms with E-state index in [1.54, 1.807) is 11.3 Å². The normalized spacial score (nSPS) is 12.8. The van der Waals surface area contributed by atoms with Crippen LogP contribution in [0.4, 0.5) is 0 Å². The Morgan fingerprint density at radius 1 is 1.42 bits per heavy atom. The monoisotopic (exact) mass is 278 g/mol. The van der Waals surface area contributed by atoms with E-state index in [4.69, 9.17) is 0 Å². The van der Waals surface area contributed by atoms with Crippen molar-refractivity contribution >= 4 is 11.3 Å². The Morgan fingerprint density at radius 2 is 2.26 bits per heavy atom. The van der Waals surface area contributed by atoms with Gasteiger partial charge < -0.3 is 9.88 Å². The molecular weight excluding hydrogens is 256 g/mol. The molecule has 0 aromatic carbocycles. The van der Waals surface area contributed by atoms with E-state index in [1.807, 2.05) is 19.4 Å². The molecule has 0 amide bonds. The molecule has 0 fully saturated rings. The first-order valence-electron chi connectivity index (χ1n) is 6.79. The highest BCUT2D eigenvalue weighted by molar-refractivity contribution is 7.09. The van der Waals surface area contributed by atoms with Gasteiger partial charge in [-0.2, -0.15) is 0 Å². The van der Waals surface area contributed by atoms with Gasteiger partial charge in [-0.05, 0) is 19.9 Å². The third-order valence-electron chi connectivity index (χ3n) is 3.16. The third kappa shape index (κ3) is 4.14. The summed E-state index contributed by atoms with van der Waals surface area (Å²) in [6, 6.07) is 0.405. The topological polar surface area (TPSA) is 42.7 Å². The van der Waals surface area contributed by atoms with Crippen molar-refractivity contribution in [2.24, 2.45) is 7.05 Å². The molecule has 0 saturated heterocycles. The molecule has 1 N–H and O–H groups in total. The fourth-order valence-electron chi connectivity index (χ4n) is 2.13. The summed E-state index contributed by atoms with van der Waals surface area (Å²) < 4.78 is 2.09. The second-order valence-corrected chi connectivity index (χ2v) is 5.93. The Hall–Kier alpha value is -1.20. The summed E-state index contributed by atoms with van der Waals surface area (Å²) in [6.45, 7) is 5.29. The van der Waals surface area contributed by atoms with E-state index in [-0.39, 0.29) is 0 Å². The Labute approximate surface area is 118 Å². The molecule has 0 spiro atoms. The van der Waals surface area contributed by atoms with E-state index >= 15 is 0 Å². The molecule has 2 aromatic rings. The van der Waals surface area contributed by atoms with Crippen molar-refractivity contribution < 1.29 is 0 Å². The van der Waals surface area contributed by atoms with Crippen LogP contribution < -0.4 is 5.32 Å². The van der Waals surface area contributed by atoms with Crippen LogP contribution >= 0.6 is 11.3 Å². The van der Waals surface area contributed by atoms with Crippen LogP contribution in [0.25, 0.3) is 0 Å². The lowest BCUT2D eigenvalue weighted by Crippen LogP contribution is -2.34. The van der Waals surface area contributed by atoms with Crippen molar-refractivity contribution in [3.63, 3.8) is 0 Å². The Morgan fingerprint density at radius 3 is 2.84 bits per heavy atom. The number of aryl methyl sites for hydroxylation is 2. The van der Waals surface area contributed by atoms with Gasteiger partial charge in [0.25, 0.3) is 0 Å². The average Bonchev–Trinajstić information content (AvgIpc) is 2.96. The summed E-state index contributed by atoms with van der Waals surface area (Å²) >= 11 is 1.72. The number of nitrogens with one attached hydrogen (secondary N) is 1. The van der Waals surface area contributed by atoms with E-state index in [9.17, 15) is 0 Å².